The zero-order valence-electron chi connectivity index (χ0n) is 20.4. The standard InChI is InChI=1S/C27H36FN5/c1-5-26-24(20-31(6-2)19-22-11-7-8-13-25(22)28)27(32-16-14-30(4)15-17-32)33(29-26)23-12-9-10-21(3)18-23/h7-13,18H,5-6,14-17,19-20H2,1-4H3. The number of benzene rings is 2. The maximum absolute atomic E-state index is 14.4. The highest BCUT2D eigenvalue weighted by Crippen LogP contribution is 2.31. The predicted octanol–water partition coefficient (Wildman–Crippen LogP) is 4.66. The Balaban J connectivity index is 1.74. The van der Waals surface area contributed by atoms with Crippen LogP contribution < -0.4 is 4.90 Å². The number of aryl methyl sites for hydroxylation is 2. The second-order valence-corrected chi connectivity index (χ2v) is 9.04. The molecular weight excluding hydrogens is 413 g/mol. The molecule has 2 heterocycles. The van der Waals surface area contributed by atoms with Gasteiger partial charge in [-0.05, 0) is 50.7 Å². The van der Waals surface area contributed by atoms with E-state index in [-0.39, 0.29) is 5.82 Å². The molecule has 0 amide bonds. The topological polar surface area (TPSA) is 27.5 Å². The molecule has 0 atom stereocenters. The van der Waals surface area contributed by atoms with Crippen molar-refractivity contribution in [1.82, 2.24) is 19.6 Å². The monoisotopic (exact) mass is 449 g/mol. The van der Waals surface area contributed by atoms with Crippen LogP contribution >= 0.6 is 0 Å². The highest BCUT2D eigenvalue weighted by Gasteiger charge is 2.26. The largest absolute Gasteiger partial charge is 0.354 e. The number of rotatable bonds is 8. The van der Waals surface area contributed by atoms with Gasteiger partial charge in [-0.15, -0.1) is 0 Å². The Bertz CT molecular complexity index is 1070. The molecule has 6 heteroatoms. The number of halogens is 1. The SMILES string of the molecule is CCc1nn(-c2cccc(C)c2)c(N2CCN(C)CC2)c1CN(CC)Cc1ccccc1F. The normalized spacial score (nSPS) is 14.9. The third-order valence-corrected chi connectivity index (χ3v) is 6.60. The molecule has 3 aromatic rings. The van der Waals surface area contributed by atoms with E-state index in [9.17, 15) is 4.39 Å². The van der Waals surface area contributed by atoms with E-state index in [4.69, 9.17) is 5.10 Å². The first kappa shape index (κ1) is 23.5. The smallest absolute Gasteiger partial charge is 0.137 e. The molecule has 1 fully saturated rings. The highest BCUT2D eigenvalue weighted by atomic mass is 19.1. The van der Waals surface area contributed by atoms with Gasteiger partial charge in [0.15, 0.2) is 0 Å². The Morgan fingerprint density at radius 3 is 2.39 bits per heavy atom. The fourth-order valence-electron chi connectivity index (χ4n) is 4.58. The van der Waals surface area contributed by atoms with Crippen molar-refractivity contribution in [1.29, 1.82) is 0 Å². The molecule has 1 aliphatic rings. The van der Waals surface area contributed by atoms with Gasteiger partial charge in [0.25, 0.3) is 0 Å². The first-order chi connectivity index (χ1) is 16.0. The van der Waals surface area contributed by atoms with Crippen LogP contribution in [0.25, 0.3) is 5.69 Å². The van der Waals surface area contributed by atoms with Crippen LogP contribution in [0.2, 0.25) is 0 Å². The second kappa shape index (κ2) is 10.5. The molecule has 0 spiro atoms. The van der Waals surface area contributed by atoms with Gasteiger partial charge in [-0.25, -0.2) is 9.07 Å². The summed E-state index contributed by atoms with van der Waals surface area (Å²) < 4.78 is 16.5. The van der Waals surface area contributed by atoms with Crippen LogP contribution in [-0.2, 0) is 19.5 Å². The van der Waals surface area contributed by atoms with Crippen molar-refractivity contribution in [2.75, 3.05) is 44.7 Å². The number of nitrogens with zero attached hydrogens (tertiary/aromatic N) is 5. The molecule has 33 heavy (non-hydrogen) atoms. The Morgan fingerprint density at radius 2 is 1.73 bits per heavy atom. The van der Waals surface area contributed by atoms with Gasteiger partial charge in [0, 0.05) is 50.4 Å². The van der Waals surface area contributed by atoms with Crippen molar-refractivity contribution >= 4 is 5.82 Å². The van der Waals surface area contributed by atoms with E-state index in [1.807, 2.05) is 12.1 Å². The van der Waals surface area contributed by atoms with E-state index >= 15 is 0 Å². The van der Waals surface area contributed by atoms with Crippen LogP contribution in [-0.4, -0.2) is 59.4 Å². The quantitative estimate of drug-likeness (QED) is 0.500. The van der Waals surface area contributed by atoms with Crippen molar-refractivity contribution in [3.8, 4) is 5.69 Å². The molecule has 176 valence electrons. The molecule has 1 aliphatic heterocycles. The van der Waals surface area contributed by atoms with E-state index in [0.29, 0.717) is 6.54 Å². The number of anilines is 1. The van der Waals surface area contributed by atoms with Crippen LogP contribution in [0, 0.1) is 12.7 Å². The summed E-state index contributed by atoms with van der Waals surface area (Å²) in [6, 6.07) is 15.7. The number of likely N-dealkylation sites (N-methyl/N-ethyl adjacent to an activating group) is 1. The minimum absolute atomic E-state index is 0.138. The number of hydrogen-bond donors (Lipinski definition) is 0. The summed E-state index contributed by atoms with van der Waals surface area (Å²) in [6.07, 6.45) is 0.867. The number of piperazine rings is 1. The summed E-state index contributed by atoms with van der Waals surface area (Å²) in [5.41, 5.74) is 5.45. The maximum Gasteiger partial charge on any atom is 0.137 e. The van der Waals surface area contributed by atoms with Crippen molar-refractivity contribution in [2.24, 2.45) is 0 Å². The molecule has 0 unspecified atom stereocenters. The molecule has 0 saturated carbocycles. The molecule has 0 N–H and O–H groups in total. The first-order valence-corrected chi connectivity index (χ1v) is 12.1. The van der Waals surface area contributed by atoms with Crippen molar-refractivity contribution in [2.45, 2.75) is 40.3 Å². The summed E-state index contributed by atoms with van der Waals surface area (Å²) in [5, 5.41) is 5.11. The summed E-state index contributed by atoms with van der Waals surface area (Å²) in [4.78, 5) is 7.18. The lowest BCUT2D eigenvalue weighted by Crippen LogP contribution is -2.45. The number of aromatic nitrogens is 2. The molecule has 2 aromatic carbocycles. The van der Waals surface area contributed by atoms with Gasteiger partial charge < -0.3 is 9.80 Å². The summed E-state index contributed by atoms with van der Waals surface area (Å²) in [6.45, 7) is 12.6. The molecule has 4 rings (SSSR count). The van der Waals surface area contributed by atoms with Crippen molar-refractivity contribution in [3.63, 3.8) is 0 Å². The average Bonchev–Trinajstić information content (AvgIpc) is 3.18. The first-order valence-electron chi connectivity index (χ1n) is 12.1. The van der Waals surface area contributed by atoms with E-state index in [1.54, 1.807) is 12.1 Å². The highest BCUT2D eigenvalue weighted by molar-refractivity contribution is 5.56. The van der Waals surface area contributed by atoms with E-state index in [2.05, 4.69) is 71.5 Å². The lowest BCUT2D eigenvalue weighted by atomic mass is 10.1. The summed E-state index contributed by atoms with van der Waals surface area (Å²) >= 11 is 0. The van der Waals surface area contributed by atoms with Crippen LogP contribution in [0.1, 0.15) is 36.2 Å². The van der Waals surface area contributed by atoms with E-state index in [0.717, 1.165) is 62.6 Å². The van der Waals surface area contributed by atoms with E-state index < -0.39 is 0 Å². The molecule has 0 radical (unpaired) electrons. The zero-order chi connectivity index (χ0) is 23.4. The summed E-state index contributed by atoms with van der Waals surface area (Å²) in [5.74, 6) is 1.05. The van der Waals surface area contributed by atoms with Crippen molar-refractivity contribution in [3.05, 3.63) is 76.7 Å². The zero-order valence-corrected chi connectivity index (χ0v) is 20.4. The van der Waals surface area contributed by atoms with Gasteiger partial charge in [0.1, 0.15) is 11.6 Å². The van der Waals surface area contributed by atoms with Gasteiger partial charge in [0.2, 0.25) is 0 Å². The summed E-state index contributed by atoms with van der Waals surface area (Å²) in [7, 11) is 2.18. The van der Waals surface area contributed by atoms with Crippen molar-refractivity contribution < 1.29 is 4.39 Å². The third-order valence-electron chi connectivity index (χ3n) is 6.60. The van der Waals surface area contributed by atoms with Crippen LogP contribution in [0.5, 0.6) is 0 Å². The van der Waals surface area contributed by atoms with Crippen LogP contribution in [0.15, 0.2) is 48.5 Å². The Labute approximate surface area is 197 Å². The maximum atomic E-state index is 14.4. The van der Waals surface area contributed by atoms with Crippen LogP contribution in [0.4, 0.5) is 10.2 Å². The fourth-order valence-corrected chi connectivity index (χ4v) is 4.58. The van der Waals surface area contributed by atoms with Gasteiger partial charge in [-0.1, -0.05) is 44.2 Å². The molecular formula is C27H36FN5. The molecule has 1 aromatic heterocycles. The Hall–Kier alpha value is -2.70. The Kier molecular flexibility index (Phi) is 7.46. The fraction of sp³-hybridized carbons (Fsp3) is 0.444. The molecule has 0 aliphatic carbocycles. The van der Waals surface area contributed by atoms with Gasteiger partial charge in [-0.2, -0.15) is 5.10 Å². The minimum atomic E-state index is -0.138. The van der Waals surface area contributed by atoms with Gasteiger partial charge >= 0.3 is 0 Å². The second-order valence-electron chi connectivity index (χ2n) is 9.04. The lowest BCUT2D eigenvalue weighted by Gasteiger charge is -2.35. The van der Waals surface area contributed by atoms with Gasteiger partial charge in [0.05, 0.1) is 11.4 Å². The van der Waals surface area contributed by atoms with Crippen LogP contribution in [0.3, 0.4) is 0 Å². The predicted molar refractivity (Wildman–Crippen MR) is 134 cm³/mol. The lowest BCUT2D eigenvalue weighted by molar-refractivity contribution is 0.266. The minimum Gasteiger partial charge on any atom is -0.354 e. The number of hydrogen-bond acceptors (Lipinski definition) is 4. The molecule has 1 saturated heterocycles. The Morgan fingerprint density at radius 1 is 0.970 bits per heavy atom. The molecule has 0 bridgehead atoms. The molecule has 5 nitrogen and oxygen atoms in total. The third kappa shape index (κ3) is 5.28. The van der Waals surface area contributed by atoms with Gasteiger partial charge in [-0.3, -0.25) is 4.90 Å². The average molecular weight is 450 g/mol. The van der Waals surface area contributed by atoms with E-state index in [1.165, 1.54) is 16.9 Å².